The van der Waals surface area contributed by atoms with Crippen LogP contribution in [0.3, 0.4) is 0 Å². The highest BCUT2D eigenvalue weighted by Gasteiger charge is 2.13. The Labute approximate surface area is 113 Å². The Morgan fingerprint density at radius 3 is 2.61 bits per heavy atom. The second kappa shape index (κ2) is 5.31. The molecule has 2 rings (SSSR count). The Kier molecular flexibility index (Phi) is 3.77. The number of carbonyl (C=O) groups is 1. The number of benzene rings is 2. The van der Waals surface area contributed by atoms with E-state index in [2.05, 4.69) is 15.9 Å². The van der Waals surface area contributed by atoms with Crippen molar-refractivity contribution in [2.75, 3.05) is 7.11 Å². The molecule has 4 heteroatoms. The predicted octanol–water partition coefficient (Wildman–Crippen LogP) is 4.04. The van der Waals surface area contributed by atoms with Crippen LogP contribution >= 0.6 is 15.9 Å². The minimum atomic E-state index is -0.436. The third kappa shape index (κ3) is 2.43. The van der Waals surface area contributed by atoms with Gasteiger partial charge >= 0.3 is 5.97 Å². The number of halogens is 2. The van der Waals surface area contributed by atoms with Gasteiger partial charge in [0, 0.05) is 0 Å². The maximum Gasteiger partial charge on any atom is 0.338 e. The lowest BCUT2D eigenvalue weighted by Gasteiger charge is -2.08. The molecular formula is C14H10BrFO2. The quantitative estimate of drug-likeness (QED) is 0.783. The summed E-state index contributed by atoms with van der Waals surface area (Å²) in [6.45, 7) is 0. The molecule has 0 saturated heterocycles. The molecule has 2 aromatic carbocycles. The zero-order chi connectivity index (χ0) is 13.1. The van der Waals surface area contributed by atoms with Gasteiger partial charge in [0.05, 0.1) is 17.1 Å². The van der Waals surface area contributed by atoms with Crippen LogP contribution in [0.5, 0.6) is 0 Å². The molecule has 18 heavy (non-hydrogen) atoms. The minimum absolute atomic E-state index is 0.368. The third-order valence-corrected chi connectivity index (χ3v) is 3.21. The molecule has 0 bridgehead atoms. The molecule has 0 aliphatic heterocycles. The highest BCUT2D eigenvalue weighted by atomic mass is 79.9. The zero-order valence-electron chi connectivity index (χ0n) is 9.61. The van der Waals surface area contributed by atoms with Gasteiger partial charge in [0.1, 0.15) is 5.82 Å². The van der Waals surface area contributed by atoms with Gasteiger partial charge in [-0.2, -0.15) is 0 Å². The molecule has 0 unspecified atom stereocenters. The van der Waals surface area contributed by atoms with Crippen LogP contribution in [-0.4, -0.2) is 13.1 Å². The molecule has 0 atom stereocenters. The molecule has 0 aromatic heterocycles. The van der Waals surface area contributed by atoms with Gasteiger partial charge in [-0.3, -0.25) is 0 Å². The van der Waals surface area contributed by atoms with E-state index in [0.29, 0.717) is 21.2 Å². The molecule has 0 aliphatic rings. The van der Waals surface area contributed by atoms with Crippen LogP contribution in [0.4, 0.5) is 4.39 Å². The van der Waals surface area contributed by atoms with E-state index < -0.39 is 5.97 Å². The molecule has 0 amide bonds. The Balaban J connectivity index is 2.56. The molecule has 2 nitrogen and oxygen atoms in total. The predicted molar refractivity (Wildman–Crippen MR) is 70.9 cm³/mol. The molecule has 2 aromatic rings. The molecule has 0 N–H and O–H groups in total. The van der Waals surface area contributed by atoms with Gasteiger partial charge in [0.15, 0.2) is 0 Å². The van der Waals surface area contributed by atoms with Crippen molar-refractivity contribution in [2.45, 2.75) is 0 Å². The molecule has 0 spiro atoms. The third-order valence-electron chi connectivity index (χ3n) is 2.56. The van der Waals surface area contributed by atoms with Crippen molar-refractivity contribution in [1.82, 2.24) is 0 Å². The van der Waals surface area contributed by atoms with Crippen LogP contribution in [0.2, 0.25) is 0 Å². The van der Waals surface area contributed by atoms with Crippen molar-refractivity contribution >= 4 is 21.9 Å². The van der Waals surface area contributed by atoms with Gasteiger partial charge < -0.3 is 4.74 Å². The standard InChI is InChI=1S/C14H10BrFO2/c1-18-14(17)11-5-3-2-4-10(11)9-6-7-12(15)13(16)8-9/h2-8H,1H3. The van der Waals surface area contributed by atoms with E-state index in [1.54, 1.807) is 36.4 Å². The molecule has 0 aliphatic carbocycles. The number of esters is 1. The van der Waals surface area contributed by atoms with Crippen molar-refractivity contribution in [1.29, 1.82) is 0 Å². The molecule has 92 valence electrons. The molecule has 0 saturated carbocycles. The van der Waals surface area contributed by atoms with Crippen LogP contribution in [-0.2, 0) is 4.74 Å². The molecule has 0 fully saturated rings. The van der Waals surface area contributed by atoms with Crippen LogP contribution in [0.25, 0.3) is 11.1 Å². The summed E-state index contributed by atoms with van der Waals surface area (Å²) in [4.78, 5) is 11.6. The summed E-state index contributed by atoms with van der Waals surface area (Å²) >= 11 is 3.10. The van der Waals surface area contributed by atoms with Gasteiger partial charge in [-0.05, 0) is 45.3 Å². The number of carbonyl (C=O) groups excluding carboxylic acids is 1. The van der Waals surface area contributed by atoms with Crippen LogP contribution in [0.15, 0.2) is 46.9 Å². The van der Waals surface area contributed by atoms with Gasteiger partial charge in [0.2, 0.25) is 0 Å². The van der Waals surface area contributed by atoms with E-state index in [9.17, 15) is 9.18 Å². The average molecular weight is 309 g/mol. The fourth-order valence-corrected chi connectivity index (χ4v) is 1.93. The van der Waals surface area contributed by atoms with E-state index in [4.69, 9.17) is 4.74 Å². The molecular weight excluding hydrogens is 299 g/mol. The number of ether oxygens (including phenoxy) is 1. The van der Waals surface area contributed by atoms with E-state index >= 15 is 0 Å². The number of hydrogen-bond acceptors (Lipinski definition) is 2. The maximum absolute atomic E-state index is 13.5. The van der Waals surface area contributed by atoms with Crippen LogP contribution < -0.4 is 0 Å². The minimum Gasteiger partial charge on any atom is -0.465 e. The Morgan fingerprint density at radius 2 is 1.94 bits per heavy atom. The van der Waals surface area contributed by atoms with Crippen molar-refractivity contribution in [3.63, 3.8) is 0 Å². The average Bonchev–Trinajstić information content (AvgIpc) is 2.41. The van der Waals surface area contributed by atoms with E-state index in [1.165, 1.54) is 13.2 Å². The first-order chi connectivity index (χ1) is 8.63. The van der Waals surface area contributed by atoms with Crippen molar-refractivity contribution in [3.05, 3.63) is 58.3 Å². The summed E-state index contributed by atoms with van der Waals surface area (Å²) in [6, 6.07) is 11.7. The topological polar surface area (TPSA) is 26.3 Å². The fourth-order valence-electron chi connectivity index (χ4n) is 1.69. The van der Waals surface area contributed by atoms with Crippen LogP contribution in [0, 0.1) is 5.82 Å². The van der Waals surface area contributed by atoms with Gasteiger partial charge in [-0.1, -0.05) is 24.3 Å². The Bertz CT molecular complexity index is 596. The highest BCUT2D eigenvalue weighted by Crippen LogP contribution is 2.27. The van der Waals surface area contributed by atoms with E-state index in [-0.39, 0.29) is 5.82 Å². The molecule has 0 heterocycles. The highest BCUT2D eigenvalue weighted by molar-refractivity contribution is 9.10. The van der Waals surface area contributed by atoms with Crippen molar-refractivity contribution in [3.8, 4) is 11.1 Å². The van der Waals surface area contributed by atoms with Crippen molar-refractivity contribution < 1.29 is 13.9 Å². The fraction of sp³-hybridized carbons (Fsp3) is 0.0714. The zero-order valence-corrected chi connectivity index (χ0v) is 11.2. The lowest BCUT2D eigenvalue weighted by Crippen LogP contribution is -2.03. The first kappa shape index (κ1) is 12.8. The summed E-state index contributed by atoms with van der Waals surface area (Å²) in [5.74, 6) is -0.805. The summed E-state index contributed by atoms with van der Waals surface area (Å²) < 4.78 is 18.6. The normalized spacial score (nSPS) is 10.2. The van der Waals surface area contributed by atoms with Crippen LogP contribution in [0.1, 0.15) is 10.4 Å². The molecule has 0 radical (unpaired) electrons. The van der Waals surface area contributed by atoms with Gasteiger partial charge in [0.25, 0.3) is 0 Å². The van der Waals surface area contributed by atoms with Gasteiger partial charge in [-0.15, -0.1) is 0 Å². The summed E-state index contributed by atoms with van der Waals surface area (Å²) in [6.07, 6.45) is 0. The number of methoxy groups -OCH3 is 1. The summed E-state index contributed by atoms with van der Waals surface area (Å²) in [5, 5.41) is 0. The number of rotatable bonds is 2. The van der Waals surface area contributed by atoms with Gasteiger partial charge in [-0.25, -0.2) is 9.18 Å². The Morgan fingerprint density at radius 1 is 1.22 bits per heavy atom. The van der Waals surface area contributed by atoms with Crippen molar-refractivity contribution in [2.24, 2.45) is 0 Å². The largest absolute Gasteiger partial charge is 0.465 e. The van der Waals surface area contributed by atoms with E-state index in [0.717, 1.165) is 0 Å². The Hall–Kier alpha value is -1.68. The SMILES string of the molecule is COC(=O)c1ccccc1-c1ccc(Br)c(F)c1. The lowest BCUT2D eigenvalue weighted by molar-refractivity contribution is 0.0601. The lowest BCUT2D eigenvalue weighted by atomic mass is 10.00. The monoisotopic (exact) mass is 308 g/mol. The maximum atomic E-state index is 13.5. The first-order valence-corrected chi connectivity index (χ1v) is 6.05. The summed E-state index contributed by atoms with van der Waals surface area (Å²) in [7, 11) is 1.32. The second-order valence-electron chi connectivity index (χ2n) is 3.67. The van der Waals surface area contributed by atoms with E-state index in [1.807, 2.05) is 0 Å². The smallest absolute Gasteiger partial charge is 0.338 e. The second-order valence-corrected chi connectivity index (χ2v) is 4.52. The summed E-state index contributed by atoms with van der Waals surface area (Å²) in [5.41, 5.74) is 1.70. The first-order valence-electron chi connectivity index (χ1n) is 5.26. The number of hydrogen-bond donors (Lipinski definition) is 0.